The molecule has 1 fully saturated rings. The molecule has 0 bridgehead atoms. The molecular formula is C13H18BrN3O. The first-order valence-corrected chi connectivity index (χ1v) is 7.03. The Morgan fingerprint density at radius 3 is 2.78 bits per heavy atom. The van der Waals surface area contributed by atoms with E-state index in [2.05, 4.69) is 33.2 Å². The lowest BCUT2D eigenvalue weighted by atomic mass is 9.83. The van der Waals surface area contributed by atoms with E-state index < -0.39 is 0 Å². The highest BCUT2D eigenvalue weighted by atomic mass is 79.9. The molecule has 0 aromatic carbocycles. The zero-order valence-electron chi connectivity index (χ0n) is 10.5. The summed E-state index contributed by atoms with van der Waals surface area (Å²) in [7, 11) is 0. The molecule has 1 heterocycles. The third kappa shape index (κ3) is 3.02. The number of halogens is 1. The van der Waals surface area contributed by atoms with Gasteiger partial charge in [-0.3, -0.25) is 4.79 Å². The number of pyridine rings is 1. The Bertz CT molecular complexity index is 456. The smallest absolute Gasteiger partial charge is 0.255 e. The van der Waals surface area contributed by atoms with Crippen LogP contribution in [0.1, 0.15) is 49.4 Å². The van der Waals surface area contributed by atoms with Gasteiger partial charge in [0.2, 0.25) is 0 Å². The summed E-state index contributed by atoms with van der Waals surface area (Å²) in [6.07, 6.45) is 7.24. The molecular weight excluding hydrogens is 294 g/mol. The molecule has 0 spiro atoms. The minimum Gasteiger partial charge on any atom is -0.383 e. The maximum atomic E-state index is 12.2. The second-order valence-corrected chi connectivity index (χ2v) is 6.08. The molecule has 0 saturated heterocycles. The standard InChI is InChI=1S/C13H18BrN3O/c1-13(5-3-2-4-6-13)17-12(18)10-7-9(14)8-16-11(10)15/h7-8H,2-6H2,1H3,(H2,15,16)(H,17,18). The third-order valence-corrected chi connectivity index (χ3v) is 3.94. The van der Waals surface area contributed by atoms with Gasteiger partial charge in [0, 0.05) is 16.2 Å². The molecule has 18 heavy (non-hydrogen) atoms. The molecule has 98 valence electrons. The second-order valence-electron chi connectivity index (χ2n) is 5.16. The first-order chi connectivity index (χ1) is 8.50. The van der Waals surface area contributed by atoms with E-state index in [-0.39, 0.29) is 17.3 Å². The van der Waals surface area contributed by atoms with Crippen LogP contribution in [0, 0.1) is 0 Å². The van der Waals surface area contributed by atoms with Crippen LogP contribution in [0.25, 0.3) is 0 Å². The Morgan fingerprint density at radius 2 is 2.11 bits per heavy atom. The molecule has 2 rings (SSSR count). The summed E-state index contributed by atoms with van der Waals surface area (Å²) in [5.41, 5.74) is 6.08. The molecule has 1 amide bonds. The van der Waals surface area contributed by atoms with Crippen LogP contribution in [0.2, 0.25) is 0 Å². The fraction of sp³-hybridized carbons (Fsp3) is 0.538. The van der Waals surface area contributed by atoms with Gasteiger partial charge >= 0.3 is 0 Å². The van der Waals surface area contributed by atoms with Crippen LogP contribution in [0.5, 0.6) is 0 Å². The highest BCUT2D eigenvalue weighted by Gasteiger charge is 2.29. The molecule has 1 saturated carbocycles. The molecule has 1 aromatic rings. The number of carbonyl (C=O) groups is 1. The third-order valence-electron chi connectivity index (χ3n) is 3.50. The Balaban J connectivity index is 2.14. The van der Waals surface area contributed by atoms with Gasteiger partial charge in [0.25, 0.3) is 5.91 Å². The predicted octanol–water partition coefficient (Wildman–Crippen LogP) is 2.88. The Hall–Kier alpha value is -1.10. The topological polar surface area (TPSA) is 68.0 Å². The normalized spacial score (nSPS) is 18.3. The molecule has 0 atom stereocenters. The van der Waals surface area contributed by atoms with E-state index in [4.69, 9.17) is 5.73 Å². The van der Waals surface area contributed by atoms with Crippen molar-refractivity contribution in [1.29, 1.82) is 0 Å². The summed E-state index contributed by atoms with van der Waals surface area (Å²) < 4.78 is 0.760. The van der Waals surface area contributed by atoms with Crippen molar-refractivity contribution in [3.8, 4) is 0 Å². The molecule has 0 aliphatic heterocycles. The van der Waals surface area contributed by atoms with Crippen molar-refractivity contribution in [1.82, 2.24) is 10.3 Å². The monoisotopic (exact) mass is 311 g/mol. The molecule has 1 aliphatic rings. The number of aromatic nitrogens is 1. The van der Waals surface area contributed by atoms with Gasteiger partial charge in [-0.1, -0.05) is 19.3 Å². The number of amides is 1. The number of hydrogen-bond acceptors (Lipinski definition) is 3. The van der Waals surface area contributed by atoms with E-state index in [1.54, 1.807) is 12.3 Å². The lowest BCUT2D eigenvalue weighted by molar-refractivity contribution is 0.0883. The summed E-state index contributed by atoms with van der Waals surface area (Å²) in [6, 6.07) is 1.71. The van der Waals surface area contributed by atoms with E-state index in [9.17, 15) is 4.79 Å². The predicted molar refractivity (Wildman–Crippen MR) is 75.3 cm³/mol. The fourth-order valence-electron chi connectivity index (χ4n) is 2.43. The average molecular weight is 312 g/mol. The van der Waals surface area contributed by atoms with Gasteiger partial charge in [-0.15, -0.1) is 0 Å². The average Bonchev–Trinajstić information content (AvgIpc) is 2.32. The number of anilines is 1. The first kappa shape index (κ1) is 13.3. The highest BCUT2D eigenvalue weighted by Crippen LogP contribution is 2.28. The highest BCUT2D eigenvalue weighted by molar-refractivity contribution is 9.10. The maximum Gasteiger partial charge on any atom is 0.255 e. The Kier molecular flexibility index (Phi) is 3.90. The summed E-state index contributed by atoms with van der Waals surface area (Å²) in [6.45, 7) is 2.10. The Labute approximate surface area is 115 Å². The van der Waals surface area contributed by atoms with Gasteiger partial charge in [0.15, 0.2) is 0 Å². The van der Waals surface area contributed by atoms with Gasteiger partial charge in [0.05, 0.1) is 5.56 Å². The summed E-state index contributed by atoms with van der Waals surface area (Å²) in [5.74, 6) is 0.140. The van der Waals surface area contributed by atoms with Crippen LogP contribution < -0.4 is 11.1 Å². The van der Waals surface area contributed by atoms with Crippen molar-refractivity contribution >= 4 is 27.7 Å². The fourth-order valence-corrected chi connectivity index (χ4v) is 2.76. The number of nitrogen functional groups attached to an aromatic ring is 1. The molecule has 1 aromatic heterocycles. The summed E-state index contributed by atoms with van der Waals surface area (Å²) >= 11 is 3.31. The van der Waals surface area contributed by atoms with Gasteiger partial charge in [-0.25, -0.2) is 4.98 Å². The molecule has 0 radical (unpaired) electrons. The Morgan fingerprint density at radius 1 is 1.44 bits per heavy atom. The van der Waals surface area contributed by atoms with Crippen molar-refractivity contribution in [2.24, 2.45) is 0 Å². The van der Waals surface area contributed by atoms with Crippen LogP contribution in [0.3, 0.4) is 0 Å². The minimum atomic E-state index is -0.134. The molecule has 3 N–H and O–H groups in total. The van der Waals surface area contributed by atoms with Crippen molar-refractivity contribution in [3.63, 3.8) is 0 Å². The van der Waals surface area contributed by atoms with Gasteiger partial charge in [-0.05, 0) is 41.8 Å². The molecule has 5 heteroatoms. The van der Waals surface area contributed by atoms with E-state index in [1.807, 2.05) is 0 Å². The van der Waals surface area contributed by atoms with Crippen molar-refractivity contribution < 1.29 is 4.79 Å². The summed E-state index contributed by atoms with van der Waals surface area (Å²) in [5, 5.41) is 3.10. The van der Waals surface area contributed by atoms with Crippen LogP contribution in [-0.2, 0) is 0 Å². The number of rotatable bonds is 2. The number of carbonyl (C=O) groups excluding carboxylic acids is 1. The minimum absolute atomic E-state index is 0.107. The maximum absolute atomic E-state index is 12.2. The quantitative estimate of drug-likeness (QED) is 0.882. The largest absolute Gasteiger partial charge is 0.383 e. The van der Waals surface area contributed by atoms with Crippen molar-refractivity contribution in [2.45, 2.75) is 44.6 Å². The molecule has 0 unspecified atom stereocenters. The number of nitrogens with zero attached hydrogens (tertiary/aromatic N) is 1. The first-order valence-electron chi connectivity index (χ1n) is 6.24. The lowest BCUT2D eigenvalue weighted by Gasteiger charge is -2.34. The van der Waals surface area contributed by atoms with Crippen LogP contribution in [0.15, 0.2) is 16.7 Å². The van der Waals surface area contributed by atoms with Gasteiger partial charge < -0.3 is 11.1 Å². The van der Waals surface area contributed by atoms with Gasteiger partial charge in [0.1, 0.15) is 5.82 Å². The van der Waals surface area contributed by atoms with E-state index >= 15 is 0 Å². The van der Waals surface area contributed by atoms with E-state index in [0.29, 0.717) is 5.56 Å². The lowest BCUT2D eigenvalue weighted by Crippen LogP contribution is -2.47. The van der Waals surface area contributed by atoms with E-state index in [0.717, 1.165) is 17.3 Å². The van der Waals surface area contributed by atoms with Crippen LogP contribution >= 0.6 is 15.9 Å². The number of nitrogens with one attached hydrogen (secondary N) is 1. The molecule has 1 aliphatic carbocycles. The number of hydrogen-bond donors (Lipinski definition) is 2. The zero-order chi connectivity index (χ0) is 13.2. The van der Waals surface area contributed by atoms with Crippen LogP contribution in [0.4, 0.5) is 5.82 Å². The zero-order valence-corrected chi connectivity index (χ0v) is 12.1. The van der Waals surface area contributed by atoms with Gasteiger partial charge in [-0.2, -0.15) is 0 Å². The van der Waals surface area contributed by atoms with E-state index in [1.165, 1.54) is 19.3 Å². The van der Waals surface area contributed by atoms with Crippen molar-refractivity contribution in [2.75, 3.05) is 5.73 Å². The van der Waals surface area contributed by atoms with Crippen molar-refractivity contribution in [3.05, 3.63) is 22.3 Å². The SMILES string of the molecule is CC1(NC(=O)c2cc(Br)cnc2N)CCCCC1. The molecule has 4 nitrogen and oxygen atoms in total. The van der Waals surface area contributed by atoms with Crippen LogP contribution in [-0.4, -0.2) is 16.4 Å². The summed E-state index contributed by atoms with van der Waals surface area (Å²) in [4.78, 5) is 16.2. The second kappa shape index (κ2) is 5.26. The number of nitrogens with two attached hydrogens (primary N) is 1.